The zero-order valence-corrected chi connectivity index (χ0v) is 18.6. The molecule has 0 heterocycles. The van der Waals surface area contributed by atoms with Crippen LogP contribution in [-0.2, 0) is 22.0 Å². The average molecular weight is 476 g/mol. The first-order valence-corrected chi connectivity index (χ1v) is 11.7. The van der Waals surface area contributed by atoms with Crippen molar-refractivity contribution in [2.45, 2.75) is 23.7 Å². The highest BCUT2D eigenvalue weighted by Gasteiger charge is 2.16. The van der Waals surface area contributed by atoms with Gasteiger partial charge in [0.25, 0.3) is 5.91 Å². The predicted molar refractivity (Wildman–Crippen MR) is 119 cm³/mol. The number of hydrogen-bond donors (Lipinski definition) is 1. The van der Waals surface area contributed by atoms with Crippen molar-refractivity contribution in [3.05, 3.63) is 89.5 Å². The maximum absolute atomic E-state index is 12.6. The summed E-state index contributed by atoms with van der Waals surface area (Å²) in [5, 5.41) is 2.75. The number of methoxy groups -OCH3 is 1. The Hall–Kier alpha value is -3.46. The molecule has 0 atom stereocenters. The zero-order valence-electron chi connectivity index (χ0n) is 17.8. The van der Waals surface area contributed by atoms with E-state index in [1.54, 1.807) is 42.5 Å². The van der Waals surface area contributed by atoms with Crippen molar-refractivity contribution in [2.24, 2.45) is 0 Å². The highest BCUT2D eigenvalue weighted by Crippen LogP contribution is 2.29. The number of amides is 1. The normalized spacial score (nSPS) is 11.3. The van der Waals surface area contributed by atoms with Gasteiger partial charge in [0.2, 0.25) is 0 Å². The largest absolute Gasteiger partial charge is 0.493 e. The number of rotatable bonds is 10. The molecule has 3 aromatic carbocycles. The summed E-state index contributed by atoms with van der Waals surface area (Å²) in [4.78, 5) is 12.7. The Balaban J connectivity index is 1.61. The predicted octanol–water partition coefficient (Wildman–Crippen LogP) is 4.24. The van der Waals surface area contributed by atoms with Crippen LogP contribution in [0, 0.1) is 0 Å². The van der Waals surface area contributed by atoms with Crippen LogP contribution in [0.3, 0.4) is 0 Å². The minimum atomic E-state index is -3.53. The lowest BCUT2D eigenvalue weighted by molar-refractivity contribution is -0.0512. The second-order valence-electron chi connectivity index (χ2n) is 7.14. The van der Waals surface area contributed by atoms with E-state index in [1.807, 2.05) is 0 Å². The first-order chi connectivity index (χ1) is 15.8. The van der Waals surface area contributed by atoms with Gasteiger partial charge in [-0.15, -0.1) is 0 Å². The van der Waals surface area contributed by atoms with E-state index in [0.717, 1.165) is 0 Å². The summed E-state index contributed by atoms with van der Waals surface area (Å²) in [7, 11) is -2.18. The van der Waals surface area contributed by atoms with Crippen molar-refractivity contribution in [3.63, 3.8) is 0 Å². The van der Waals surface area contributed by atoms with E-state index in [-0.39, 0.29) is 34.6 Å². The number of carbonyl (C=O) groups is 1. The summed E-state index contributed by atoms with van der Waals surface area (Å²) in [5.41, 5.74) is 1.50. The third-order valence-corrected chi connectivity index (χ3v) is 6.50. The van der Waals surface area contributed by atoms with E-state index in [9.17, 15) is 22.0 Å². The van der Waals surface area contributed by atoms with E-state index in [4.69, 9.17) is 4.74 Å². The van der Waals surface area contributed by atoms with Crippen LogP contribution in [0.25, 0.3) is 0 Å². The van der Waals surface area contributed by atoms with E-state index in [0.29, 0.717) is 23.1 Å². The van der Waals surface area contributed by atoms with Gasteiger partial charge >= 0.3 is 6.61 Å². The molecule has 0 radical (unpaired) electrons. The molecular formula is C24H23F2NO5S. The first kappa shape index (κ1) is 24.2. The van der Waals surface area contributed by atoms with Gasteiger partial charge < -0.3 is 14.8 Å². The Morgan fingerprint density at radius 2 is 1.70 bits per heavy atom. The smallest absolute Gasteiger partial charge is 0.387 e. The Labute approximate surface area is 191 Å². The van der Waals surface area contributed by atoms with Gasteiger partial charge in [0.1, 0.15) is 0 Å². The lowest BCUT2D eigenvalue weighted by Gasteiger charge is -2.12. The molecule has 1 amide bonds. The van der Waals surface area contributed by atoms with Gasteiger partial charge in [0.05, 0.1) is 17.8 Å². The zero-order chi connectivity index (χ0) is 23.8. The summed E-state index contributed by atoms with van der Waals surface area (Å²) in [6, 6.07) is 19.2. The van der Waals surface area contributed by atoms with Crippen LogP contribution in [0.5, 0.6) is 11.5 Å². The number of nitrogens with one attached hydrogen (secondary N) is 1. The summed E-state index contributed by atoms with van der Waals surface area (Å²) in [5.74, 6) is -0.489. The van der Waals surface area contributed by atoms with Gasteiger partial charge in [0.15, 0.2) is 21.3 Å². The Morgan fingerprint density at radius 1 is 0.939 bits per heavy atom. The second kappa shape index (κ2) is 10.9. The minimum absolute atomic E-state index is 0.0800. The van der Waals surface area contributed by atoms with Crippen LogP contribution in [0.4, 0.5) is 8.78 Å². The molecule has 3 rings (SSSR count). The summed E-state index contributed by atoms with van der Waals surface area (Å²) >= 11 is 0. The number of hydrogen-bond acceptors (Lipinski definition) is 5. The average Bonchev–Trinajstić information content (AvgIpc) is 2.79. The monoisotopic (exact) mass is 475 g/mol. The van der Waals surface area contributed by atoms with Gasteiger partial charge in [-0.25, -0.2) is 8.42 Å². The number of sulfone groups is 1. The summed E-state index contributed by atoms with van der Waals surface area (Å²) < 4.78 is 59.8. The van der Waals surface area contributed by atoms with E-state index in [1.165, 1.54) is 37.4 Å². The molecule has 33 heavy (non-hydrogen) atoms. The molecule has 9 heteroatoms. The van der Waals surface area contributed by atoms with Crippen molar-refractivity contribution in [1.29, 1.82) is 0 Å². The molecule has 174 valence electrons. The fourth-order valence-corrected chi connectivity index (χ4v) is 4.58. The molecule has 0 unspecified atom stereocenters. The standard InChI is InChI=1S/C24H23F2NO5S/c1-31-21-11-10-17(15-22(21)32-24(25)26)12-13-27-23(28)19-7-5-6-18(14-19)16-33(29,30)20-8-3-2-4-9-20/h2-11,14-15,24H,12-13,16H2,1H3,(H,27,28). The number of carbonyl (C=O) groups excluding carboxylic acids is 1. The summed E-state index contributed by atoms with van der Waals surface area (Å²) in [6.45, 7) is -2.74. The maximum atomic E-state index is 12.6. The number of alkyl halides is 2. The quantitative estimate of drug-likeness (QED) is 0.474. The van der Waals surface area contributed by atoms with Crippen molar-refractivity contribution in [2.75, 3.05) is 13.7 Å². The van der Waals surface area contributed by atoms with E-state index >= 15 is 0 Å². The van der Waals surface area contributed by atoms with Gasteiger partial charge in [-0.05, 0) is 53.9 Å². The molecule has 0 saturated carbocycles. The van der Waals surface area contributed by atoms with Crippen LogP contribution in [0.1, 0.15) is 21.5 Å². The Bertz CT molecular complexity index is 1200. The Kier molecular flexibility index (Phi) is 8.00. The number of halogens is 2. The molecule has 3 aromatic rings. The highest BCUT2D eigenvalue weighted by molar-refractivity contribution is 7.90. The molecule has 6 nitrogen and oxygen atoms in total. The van der Waals surface area contributed by atoms with Crippen LogP contribution in [0.15, 0.2) is 77.7 Å². The molecule has 0 bridgehead atoms. The van der Waals surface area contributed by atoms with Gasteiger partial charge in [0, 0.05) is 12.1 Å². The van der Waals surface area contributed by atoms with Gasteiger partial charge in [-0.3, -0.25) is 4.79 Å². The van der Waals surface area contributed by atoms with Crippen molar-refractivity contribution in [1.82, 2.24) is 5.32 Å². The molecule has 1 N–H and O–H groups in total. The van der Waals surface area contributed by atoms with Crippen molar-refractivity contribution in [3.8, 4) is 11.5 Å². The SMILES string of the molecule is COc1ccc(CCNC(=O)c2cccc(CS(=O)(=O)c3ccccc3)c2)cc1OC(F)F. The molecule has 0 fully saturated rings. The minimum Gasteiger partial charge on any atom is -0.493 e. The molecule has 0 aliphatic carbocycles. The fraction of sp³-hybridized carbons (Fsp3) is 0.208. The van der Waals surface area contributed by atoms with Crippen LogP contribution in [-0.4, -0.2) is 34.6 Å². The van der Waals surface area contributed by atoms with Crippen LogP contribution in [0.2, 0.25) is 0 Å². The van der Waals surface area contributed by atoms with Crippen molar-refractivity contribution < 1.29 is 31.5 Å². The van der Waals surface area contributed by atoms with E-state index < -0.39 is 16.4 Å². The van der Waals surface area contributed by atoms with Gasteiger partial charge in [-0.2, -0.15) is 8.78 Å². The number of benzene rings is 3. The third kappa shape index (κ3) is 6.76. The lowest BCUT2D eigenvalue weighted by Crippen LogP contribution is -2.25. The molecule has 0 spiro atoms. The maximum Gasteiger partial charge on any atom is 0.387 e. The summed E-state index contributed by atoms with van der Waals surface area (Å²) in [6.07, 6.45) is 0.372. The topological polar surface area (TPSA) is 81.7 Å². The molecule has 0 aromatic heterocycles. The molecule has 0 saturated heterocycles. The highest BCUT2D eigenvalue weighted by atomic mass is 32.2. The molecule has 0 aliphatic heterocycles. The Morgan fingerprint density at radius 3 is 2.39 bits per heavy atom. The van der Waals surface area contributed by atoms with Crippen LogP contribution < -0.4 is 14.8 Å². The second-order valence-corrected chi connectivity index (χ2v) is 9.13. The van der Waals surface area contributed by atoms with Gasteiger partial charge in [-0.1, -0.05) is 36.4 Å². The lowest BCUT2D eigenvalue weighted by atomic mass is 10.1. The third-order valence-electron chi connectivity index (χ3n) is 4.79. The van der Waals surface area contributed by atoms with Crippen LogP contribution >= 0.6 is 0 Å². The fourth-order valence-electron chi connectivity index (χ4n) is 3.22. The first-order valence-electron chi connectivity index (χ1n) is 10.0. The van der Waals surface area contributed by atoms with Crippen molar-refractivity contribution >= 4 is 15.7 Å². The molecular weight excluding hydrogens is 452 g/mol. The molecule has 0 aliphatic rings. The number of ether oxygens (including phenoxy) is 2. The van der Waals surface area contributed by atoms with E-state index in [2.05, 4.69) is 10.1 Å².